The molecule has 3 aromatic rings. The summed E-state index contributed by atoms with van der Waals surface area (Å²) < 4.78 is 5.62. The molecule has 150 valence electrons. The molecular formula is C22H24N4O3. The average Bonchev–Trinajstić information content (AvgIpc) is 3.21. The number of aryl methyl sites for hydroxylation is 2. The second-order valence-electron chi connectivity index (χ2n) is 6.86. The van der Waals surface area contributed by atoms with Crippen molar-refractivity contribution >= 4 is 11.8 Å². The highest BCUT2D eigenvalue weighted by molar-refractivity contribution is 5.87. The quantitative estimate of drug-likeness (QED) is 0.614. The molecule has 0 saturated carbocycles. The van der Waals surface area contributed by atoms with Crippen molar-refractivity contribution in [2.45, 2.75) is 39.3 Å². The smallest absolute Gasteiger partial charge is 0.247 e. The van der Waals surface area contributed by atoms with Crippen LogP contribution in [0.2, 0.25) is 0 Å². The van der Waals surface area contributed by atoms with Gasteiger partial charge in [-0.3, -0.25) is 9.59 Å². The van der Waals surface area contributed by atoms with Crippen LogP contribution in [-0.2, 0) is 22.6 Å². The van der Waals surface area contributed by atoms with Gasteiger partial charge in [-0.05, 0) is 31.5 Å². The van der Waals surface area contributed by atoms with Gasteiger partial charge in [-0.1, -0.05) is 48.0 Å². The summed E-state index contributed by atoms with van der Waals surface area (Å²) in [6.45, 7) is 4.08. The Morgan fingerprint density at radius 1 is 1.03 bits per heavy atom. The molecule has 0 saturated heterocycles. The van der Waals surface area contributed by atoms with Crippen molar-refractivity contribution in [1.82, 2.24) is 20.8 Å². The molecule has 2 aromatic carbocycles. The van der Waals surface area contributed by atoms with Crippen molar-refractivity contribution < 1.29 is 14.0 Å². The molecule has 7 heteroatoms. The van der Waals surface area contributed by atoms with Gasteiger partial charge in [-0.2, -0.15) is 0 Å². The maximum atomic E-state index is 12.1. The van der Waals surface area contributed by atoms with Crippen LogP contribution in [-0.4, -0.2) is 28.1 Å². The minimum atomic E-state index is -0.628. The van der Waals surface area contributed by atoms with Crippen LogP contribution in [0.25, 0.3) is 11.5 Å². The normalized spacial score (nSPS) is 11.7. The van der Waals surface area contributed by atoms with Crippen LogP contribution >= 0.6 is 0 Å². The molecule has 0 bridgehead atoms. The van der Waals surface area contributed by atoms with Gasteiger partial charge in [0.2, 0.25) is 23.6 Å². The summed E-state index contributed by atoms with van der Waals surface area (Å²) in [6, 6.07) is 16.7. The van der Waals surface area contributed by atoms with E-state index in [1.807, 2.05) is 61.5 Å². The lowest BCUT2D eigenvalue weighted by molar-refractivity contribution is -0.128. The van der Waals surface area contributed by atoms with Crippen LogP contribution < -0.4 is 10.6 Å². The largest absolute Gasteiger partial charge is 0.421 e. The van der Waals surface area contributed by atoms with Crippen molar-refractivity contribution in [1.29, 1.82) is 0 Å². The molecule has 0 spiro atoms. The van der Waals surface area contributed by atoms with E-state index in [0.717, 1.165) is 16.7 Å². The molecule has 2 N–H and O–H groups in total. The van der Waals surface area contributed by atoms with E-state index in [0.29, 0.717) is 24.7 Å². The first kappa shape index (κ1) is 20.3. The third kappa shape index (κ3) is 6.00. The SMILES string of the molecule is Cc1ccc(-c2nnc(CCC(=O)NC(C)C(=O)NCc3ccccc3)o2)cc1. The lowest BCUT2D eigenvalue weighted by atomic mass is 10.1. The molecule has 2 amide bonds. The van der Waals surface area contributed by atoms with Crippen LogP contribution in [0.4, 0.5) is 0 Å². The average molecular weight is 392 g/mol. The molecule has 0 fully saturated rings. The van der Waals surface area contributed by atoms with E-state index in [-0.39, 0.29) is 18.2 Å². The Morgan fingerprint density at radius 2 is 1.76 bits per heavy atom. The topological polar surface area (TPSA) is 97.1 Å². The van der Waals surface area contributed by atoms with Crippen molar-refractivity contribution in [3.63, 3.8) is 0 Å². The lowest BCUT2D eigenvalue weighted by Crippen LogP contribution is -2.44. The van der Waals surface area contributed by atoms with E-state index in [9.17, 15) is 9.59 Å². The predicted molar refractivity (Wildman–Crippen MR) is 109 cm³/mol. The highest BCUT2D eigenvalue weighted by atomic mass is 16.4. The molecule has 29 heavy (non-hydrogen) atoms. The molecule has 0 radical (unpaired) electrons. The van der Waals surface area contributed by atoms with E-state index in [4.69, 9.17) is 4.42 Å². The van der Waals surface area contributed by atoms with E-state index < -0.39 is 6.04 Å². The molecule has 7 nitrogen and oxygen atoms in total. The second-order valence-corrected chi connectivity index (χ2v) is 6.86. The first-order chi connectivity index (χ1) is 14.0. The summed E-state index contributed by atoms with van der Waals surface area (Å²) in [4.78, 5) is 24.3. The number of nitrogens with one attached hydrogen (secondary N) is 2. The zero-order chi connectivity index (χ0) is 20.6. The van der Waals surface area contributed by atoms with Crippen molar-refractivity contribution in [3.8, 4) is 11.5 Å². The Morgan fingerprint density at radius 3 is 2.48 bits per heavy atom. The van der Waals surface area contributed by atoms with Gasteiger partial charge in [-0.25, -0.2) is 0 Å². The minimum absolute atomic E-state index is 0.159. The molecule has 0 aliphatic rings. The molecule has 1 aromatic heterocycles. The van der Waals surface area contributed by atoms with Crippen molar-refractivity contribution in [2.24, 2.45) is 0 Å². The molecular weight excluding hydrogens is 368 g/mol. The van der Waals surface area contributed by atoms with Gasteiger partial charge < -0.3 is 15.1 Å². The van der Waals surface area contributed by atoms with Gasteiger partial charge in [0.25, 0.3) is 0 Å². The summed E-state index contributed by atoms with van der Waals surface area (Å²) in [5, 5.41) is 13.5. The number of nitrogens with zero attached hydrogens (tertiary/aromatic N) is 2. The van der Waals surface area contributed by atoms with Crippen molar-refractivity contribution in [3.05, 3.63) is 71.6 Å². The van der Waals surface area contributed by atoms with E-state index in [1.165, 1.54) is 0 Å². The maximum absolute atomic E-state index is 12.1. The van der Waals surface area contributed by atoms with Gasteiger partial charge >= 0.3 is 0 Å². The summed E-state index contributed by atoms with van der Waals surface area (Å²) in [5.74, 6) is 0.329. The fraction of sp³-hybridized carbons (Fsp3) is 0.273. The van der Waals surface area contributed by atoms with E-state index in [1.54, 1.807) is 6.92 Å². The van der Waals surface area contributed by atoms with E-state index in [2.05, 4.69) is 20.8 Å². The van der Waals surface area contributed by atoms with Crippen molar-refractivity contribution in [2.75, 3.05) is 0 Å². The number of rotatable bonds is 8. The zero-order valence-electron chi connectivity index (χ0n) is 16.5. The highest BCUT2D eigenvalue weighted by Gasteiger charge is 2.16. The number of aromatic nitrogens is 2. The van der Waals surface area contributed by atoms with Gasteiger partial charge in [0.05, 0.1) is 0 Å². The standard InChI is InChI=1S/C22H24N4O3/c1-15-8-10-18(11-9-15)22-26-25-20(29-22)13-12-19(27)24-16(2)21(28)23-14-17-6-4-3-5-7-17/h3-11,16H,12-14H2,1-2H3,(H,23,28)(H,24,27). The molecule has 1 heterocycles. The van der Waals surface area contributed by atoms with Crippen LogP contribution in [0.3, 0.4) is 0 Å². The summed E-state index contributed by atoms with van der Waals surface area (Å²) in [7, 11) is 0. The Balaban J connectivity index is 1.43. The fourth-order valence-corrected chi connectivity index (χ4v) is 2.71. The molecule has 0 aliphatic heterocycles. The molecule has 1 atom stereocenters. The first-order valence-electron chi connectivity index (χ1n) is 9.51. The second kappa shape index (κ2) is 9.64. The summed E-state index contributed by atoms with van der Waals surface area (Å²) in [6.07, 6.45) is 0.467. The summed E-state index contributed by atoms with van der Waals surface area (Å²) >= 11 is 0. The number of amides is 2. The van der Waals surface area contributed by atoms with Gasteiger partial charge in [-0.15, -0.1) is 10.2 Å². The number of carbonyl (C=O) groups is 2. The first-order valence-corrected chi connectivity index (χ1v) is 9.51. The van der Waals surface area contributed by atoms with Crippen LogP contribution in [0.5, 0.6) is 0 Å². The third-order valence-electron chi connectivity index (χ3n) is 4.41. The Bertz CT molecular complexity index is 952. The zero-order valence-corrected chi connectivity index (χ0v) is 16.5. The summed E-state index contributed by atoms with van der Waals surface area (Å²) in [5.41, 5.74) is 2.98. The number of carbonyl (C=O) groups excluding carboxylic acids is 2. The Kier molecular flexibility index (Phi) is 6.73. The van der Waals surface area contributed by atoms with Gasteiger partial charge in [0.15, 0.2) is 0 Å². The van der Waals surface area contributed by atoms with Crippen LogP contribution in [0.15, 0.2) is 59.0 Å². The number of benzene rings is 2. The van der Waals surface area contributed by atoms with Gasteiger partial charge in [0.1, 0.15) is 6.04 Å². The Hall–Kier alpha value is -3.48. The monoisotopic (exact) mass is 392 g/mol. The minimum Gasteiger partial charge on any atom is -0.421 e. The van der Waals surface area contributed by atoms with Crippen LogP contribution in [0, 0.1) is 6.92 Å². The molecule has 3 rings (SSSR count). The number of hydrogen-bond acceptors (Lipinski definition) is 5. The van der Waals surface area contributed by atoms with E-state index >= 15 is 0 Å². The van der Waals surface area contributed by atoms with Gasteiger partial charge in [0, 0.05) is 24.9 Å². The maximum Gasteiger partial charge on any atom is 0.247 e. The molecule has 0 aliphatic carbocycles. The highest BCUT2D eigenvalue weighted by Crippen LogP contribution is 2.18. The molecule has 1 unspecified atom stereocenters. The lowest BCUT2D eigenvalue weighted by Gasteiger charge is -2.14. The number of hydrogen-bond donors (Lipinski definition) is 2. The predicted octanol–water partition coefficient (Wildman–Crippen LogP) is 2.80. The van der Waals surface area contributed by atoms with Crippen LogP contribution in [0.1, 0.15) is 30.4 Å². The fourth-order valence-electron chi connectivity index (χ4n) is 2.71. The third-order valence-corrected chi connectivity index (χ3v) is 4.41. The Labute approximate surface area is 169 Å².